The summed E-state index contributed by atoms with van der Waals surface area (Å²) in [5.41, 5.74) is -0.602. The van der Waals surface area contributed by atoms with Crippen molar-refractivity contribution in [3.8, 4) is 0 Å². The number of rotatable bonds is 9. The first kappa shape index (κ1) is 18.4. The topological polar surface area (TPSA) is 41.6 Å². The van der Waals surface area contributed by atoms with Crippen LogP contribution in [0.4, 0.5) is 0 Å². The second-order valence-corrected chi connectivity index (χ2v) is 6.36. The van der Waals surface area contributed by atoms with Crippen LogP contribution in [0.2, 0.25) is 0 Å². The van der Waals surface area contributed by atoms with Gasteiger partial charge in [0.15, 0.2) is 0 Å². The van der Waals surface area contributed by atoms with Gasteiger partial charge in [-0.3, -0.25) is 10.1 Å². The van der Waals surface area contributed by atoms with Gasteiger partial charge in [-0.15, -0.1) is 0 Å². The van der Waals surface area contributed by atoms with Crippen molar-refractivity contribution in [1.82, 2.24) is 10.2 Å². The molecule has 114 valence electrons. The molecule has 0 radical (unpaired) electrons. The molecule has 1 atom stereocenters. The van der Waals surface area contributed by atoms with Gasteiger partial charge in [-0.25, -0.2) is 0 Å². The summed E-state index contributed by atoms with van der Waals surface area (Å²) in [6, 6.07) is 0.255. The van der Waals surface area contributed by atoms with E-state index in [9.17, 15) is 4.79 Å². The standard InChI is InChI=1S/C15H32N2O2/c1-12(2)8-10-17(6)11-9-15(5,14(18)19-7)16-13(3)4/h12-13,16H,8-11H2,1-7H3. The number of hydrogen-bond acceptors (Lipinski definition) is 4. The Kier molecular flexibility index (Phi) is 8.26. The highest BCUT2D eigenvalue weighted by Gasteiger charge is 2.34. The van der Waals surface area contributed by atoms with Crippen molar-refractivity contribution < 1.29 is 9.53 Å². The summed E-state index contributed by atoms with van der Waals surface area (Å²) < 4.78 is 4.93. The zero-order chi connectivity index (χ0) is 15.1. The Labute approximate surface area is 118 Å². The quantitative estimate of drug-likeness (QED) is 0.654. The number of carbonyl (C=O) groups is 1. The van der Waals surface area contributed by atoms with Gasteiger partial charge in [0.25, 0.3) is 0 Å². The van der Waals surface area contributed by atoms with Crippen molar-refractivity contribution >= 4 is 5.97 Å². The second-order valence-electron chi connectivity index (χ2n) is 6.36. The third-order valence-electron chi connectivity index (χ3n) is 3.32. The average molecular weight is 272 g/mol. The molecule has 0 heterocycles. The lowest BCUT2D eigenvalue weighted by Crippen LogP contribution is -2.54. The Hall–Kier alpha value is -0.610. The van der Waals surface area contributed by atoms with Crippen molar-refractivity contribution in [2.24, 2.45) is 5.92 Å². The van der Waals surface area contributed by atoms with Crippen LogP contribution >= 0.6 is 0 Å². The fraction of sp³-hybridized carbons (Fsp3) is 0.933. The van der Waals surface area contributed by atoms with Gasteiger partial charge in [0, 0.05) is 12.6 Å². The van der Waals surface area contributed by atoms with Gasteiger partial charge >= 0.3 is 5.97 Å². The summed E-state index contributed by atoms with van der Waals surface area (Å²) in [5, 5.41) is 3.33. The Morgan fingerprint density at radius 1 is 1.26 bits per heavy atom. The fourth-order valence-electron chi connectivity index (χ4n) is 2.10. The van der Waals surface area contributed by atoms with Crippen LogP contribution in [-0.4, -0.2) is 49.7 Å². The summed E-state index contributed by atoms with van der Waals surface area (Å²) in [6.07, 6.45) is 1.94. The number of nitrogens with one attached hydrogen (secondary N) is 1. The van der Waals surface area contributed by atoms with Crippen LogP contribution in [-0.2, 0) is 9.53 Å². The van der Waals surface area contributed by atoms with Crippen LogP contribution in [0.5, 0.6) is 0 Å². The van der Waals surface area contributed by atoms with E-state index in [-0.39, 0.29) is 12.0 Å². The number of ether oxygens (including phenoxy) is 1. The molecule has 0 rings (SSSR count). The summed E-state index contributed by atoms with van der Waals surface area (Å²) in [7, 11) is 3.56. The number of carbonyl (C=O) groups excluding carboxylic acids is 1. The van der Waals surface area contributed by atoms with Crippen LogP contribution < -0.4 is 5.32 Å². The van der Waals surface area contributed by atoms with Crippen LogP contribution in [0.25, 0.3) is 0 Å². The zero-order valence-electron chi connectivity index (χ0n) is 13.7. The van der Waals surface area contributed by atoms with Gasteiger partial charge in [-0.1, -0.05) is 13.8 Å². The molecule has 1 N–H and O–H groups in total. The third kappa shape index (κ3) is 7.53. The Balaban J connectivity index is 4.37. The van der Waals surface area contributed by atoms with Crippen LogP contribution in [0.3, 0.4) is 0 Å². The van der Waals surface area contributed by atoms with Crippen molar-refractivity contribution in [2.45, 2.75) is 59.0 Å². The maximum atomic E-state index is 11.9. The Morgan fingerprint density at radius 3 is 2.26 bits per heavy atom. The number of hydrogen-bond donors (Lipinski definition) is 1. The molecule has 19 heavy (non-hydrogen) atoms. The van der Waals surface area contributed by atoms with Gasteiger partial charge in [0.2, 0.25) is 0 Å². The molecular formula is C15H32N2O2. The highest BCUT2D eigenvalue weighted by molar-refractivity contribution is 5.80. The van der Waals surface area contributed by atoms with Crippen molar-refractivity contribution in [2.75, 3.05) is 27.2 Å². The molecule has 0 bridgehead atoms. The van der Waals surface area contributed by atoms with Crippen LogP contribution in [0.1, 0.15) is 47.5 Å². The lowest BCUT2D eigenvalue weighted by atomic mass is 9.96. The molecule has 0 aliphatic rings. The average Bonchev–Trinajstić information content (AvgIpc) is 2.31. The largest absolute Gasteiger partial charge is 0.468 e. The molecule has 0 aliphatic heterocycles. The highest BCUT2D eigenvalue weighted by atomic mass is 16.5. The monoisotopic (exact) mass is 272 g/mol. The van der Waals surface area contributed by atoms with E-state index in [1.54, 1.807) is 0 Å². The molecular weight excluding hydrogens is 240 g/mol. The van der Waals surface area contributed by atoms with Crippen molar-refractivity contribution in [1.29, 1.82) is 0 Å². The molecule has 4 nitrogen and oxygen atoms in total. The van der Waals surface area contributed by atoms with Crippen LogP contribution in [0.15, 0.2) is 0 Å². The smallest absolute Gasteiger partial charge is 0.325 e. The molecule has 0 aliphatic carbocycles. The first-order valence-electron chi connectivity index (χ1n) is 7.26. The molecule has 0 aromatic carbocycles. The fourth-order valence-corrected chi connectivity index (χ4v) is 2.10. The lowest BCUT2D eigenvalue weighted by molar-refractivity contribution is -0.148. The second kappa shape index (κ2) is 8.54. The number of nitrogens with zero attached hydrogens (tertiary/aromatic N) is 1. The lowest BCUT2D eigenvalue weighted by Gasteiger charge is -2.32. The maximum absolute atomic E-state index is 11.9. The first-order chi connectivity index (χ1) is 8.71. The number of methoxy groups -OCH3 is 1. The SMILES string of the molecule is COC(=O)C(C)(CCN(C)CCC(C)C)NC(C)C. The summed E-state index contributed by atoms with van der Waals surface area (Å²) in [6.45, 7) is 12.4. The minimum absolute atomic E-state index is 0.182. The molecule has 0 saturated carbocycles. The van der Waals surface area contributed by atoms with E-state index in [2.05, 4.69) is 31.1 Å². The van der Waals surface area contributed by atoms with E-state index in [1.807, 2.05) is 20.8 Å². The normalized spacial score (nSPS) is 15.1. The predicted octanol–water partition coefficient (Wildman–Crippen LogP) is 2.28. The van der Waals surface area contributed by atoms with E-state index in [0.717, 1.165) is 19.5 Å². The zero-order valence-corrected chi connectivity index (χ0v) is 13.7. The van der Waals surface area contributed by atoms with Gasteiger partial charge in [0.1, 0.15) is 5.54 Å². The maximum Gasteiger partial charge on any atom is 0.325 e. The first-order valence-corrected chi connectivity index (χ1v) is 7.26. The van der Waals surface area contributed by atoms with Crippen LogP contribution in [0, 0.1) is 5.92 Å². The van der Waals surface area contributed by atoms with Crippen molar-refractivity contribution in [3.63, 3.8) is 0 Å². The minimum Gasteiger partial charge on any atom is -0.468 e. The molecule has 0 amide bonds. The van der Waals surface area contributed by atoms with E-state index in [4.69, 9.17) is 4.74 Å². The Bertz CT molecular complexity index is 267. The summed E-state index contributed by atoms with van der Waals surface area (Å²) >= 11 is 0. The van der Waals surface area contributed by atoms with E-state index in [1.165, 1.54) is 13.5 Å². The van der Waals surface area contributed by atoms with Gasteiger partial charge in [-0.2, -0.15) is 0 Å². The molecule has 0 saturated heterocycles. The molecule has 1 unspecified atom stereocenters. The summed E-state index contributed by atoms with van der Waals surface area (Å²) in [5.74, 6) is 0.529. The third-order valence-corrected chi connectivity index (χ3v) is 3.32. The highest BCUT2D eigenvalue weighted by Crippen LogP contribution is 2.14. The van der Waals surface area contributed by atoms with E-state index >= 15 is 0 Å². The molecule has 0 aromatic heterocycles. The molecule has 0 fully saturated rings. The van der Waals surface area contributed by atoms with Gasteiger partial charge < -0.3 is 9.64 Å². The summed E-state index contributed by atoms with van der Waals surface area (Å²) in [4.78, 5) is 14.2. The van der Waals surface area contributed by atoms with E-state index < -0.39 is 5.54 Å². The molecule has 0 aromatic rings. The van der Waals surface area contributed by atoms with Crippen molar-refractivity contribution in [3.05, 3.63) is 0 Å². The Morgan fingerprint density at radius 2 is 1.84 bits per heavy atom. The van der Waals surface area contributed by atoms with Gasteiger partial charge in [-0.05, 0) is 53.1 Å². The number of esters is 1. The predicted molar refractivity (Wildman–Crippen MR) is 80.3 cm³/mol. The minimum atomic E-state index is -0.602. The molecule has 4 heteroatoms. The van der Waals surface area contributed by atoms with E-state index in [0.29, 0.717) is 5.92 Å². The van der Waals surface area contributed by atoms with Gasteiger partial charge in [0.05, 0.1) is 7.11 Å². The molecule has 0 spiro atoms.